The summed E-state index contributed by atoms with van der Waals surface area (Å²) < 4.78 is 11.8. The third-order valence-corrected chi connectivity index (χ3v) is 5.76. The number of aliphatic hydroxyl groups excluding tert-OH is 1. The molecule has 0 aromatic heterocycles. The zero-order valence-corrected chi connectivity index (χ0v) is 17.6. The van der Waals surface area contributed by atoms with Gasteiger partial charge in [-0.15, -0.1) is 0 Å². The lowest BCUT2D eigenvalue weighted by Crippen LogP contribution is -2.42. The van der Waals surface area contributed by atoms with E-state index >= 15 is 0 Å². The second-order valence-electron chi connectivity index (χ2n) is 8.10. The molecule has 3 atom stereocenters. The van der Waals surface area contributed by atoms with Gasteiger partial charge in [0.2, 0.25) is 5.91 Å². The van der Waals surface area contributed by atoms with Crippen LogP contribution in [0.2, 0.25) is 0 Å². The normalized spacial score (nSPS) is 23.1. The van der Waals surface area contributed by atoms with Crippen molar-refractivity contribution in [2.24, 2.45) is 0 Å². The summed E-state index contributed by atoms with van der Waals surface area (Å²) >= 11 is 0. The van der Waals surface area contributed by atoms with Gasteiger partial charge in [-0.2, -0.15) is 0 Å². The number of carbonyl (C=O) groups is 1. The number of carbonyl (C=O) groups excluding carboxylic acids is 1. The Balaban J connectivity index is 1.57. The van der Waals surface area contributed by atoms with E-state index in [1.54, 1.807) is 0 Å². The van der Waals surface area contributed by atoms with Gasteiger partial charge in [-0.25, -0.2) is 0 Å². The van der Waals surface area contributed by atoms with Crippen molar-refractivity contribution in [1.82, 2.24) is 5.32 Å². The third kappa shape index (κ3) is 4.77. The number of ether oxygens (including phenoxy) is 2. The maximum Gasteiger partial charge on any atom is 0.218 e. The Morgan fingerprint density at radius 2 is 2.07 bits per heavy atom. The summed E-state index contributed by atoms with van der Waals surface area (Å²) in [5.41, 5.74) is 5.86. The van der Waals surface area contributed by atoms with Gasteiger partial charge in [0.05, 0.1) is 17.9 Å². The molecule has 2 heterocycles. The molecule has 1 amide bonds. The van der Waals surface area contributed by atoms with Crippen LogP contribution in [0.25, 0.3) is 0 Å². The monoisotopic (exact) mass is 410 g/mol. The minimum Gasteiger partial charge on any atom is -0.490 e. The van der Waals surface area contributed by atoms with Crippen LogP contribution in [0.15, 0.2) is 36.4 Å². The van der Waals surface area contributed by atoms with Gasteiger partial charge >= 0.3 is 0 Å². The van der Waals surface area contributed by atoms with E-state index in [1.165, 1.54) is 23.6 Å². The van der Waals surface area contributed by atoms with Crippen molar-refractivity contribution in [2.45, 2.75) is 58.0 Å². The number of hydrogen-bond acceptors (Lipinski definition) is 5. The molecule has 3 N–H and O–H groups in total. The molecule has 0 unspecified atom stereocenters. The average molecular weight is 411 g/mol. The maximum atomic E-state index is 11.4. The fraction of sp³-hybridized carbons (Fsp3) is 0.458. The zero-order chi connectivity index (χ0) is 21.1. The molecule has 2 aromatic carbocycles. The molecule has 2 aromatic rings. The first-order valence-corrected chi connectivity index (χ1v) is 10.7. The molecule has 30 heavy (non-hydrogen) atoms. The average Bonchev–Trinajstić information content (AvgIpc) is 2.72. The van der Waals surface area contributed by atoms with Gasteiger partial charge in [0.15, 0.2) is 0 Å². The van der Waals surface area contributed by atoms with E-state index in [4.69, 9.17) is 9.47 Å². The minimum absolute atomic E-state index is 0.153. The molecule has 0 saturated carbocycles. The highest BCUT2D eigenvalue weighted by molar-refractivity contribution is 5.73. The molecule has 1 fully saturated rings. The summed E-state index contributed by atoms with van der Waals surface area (Å²) in [6.45, 7) is 5.14. The highest BCUT2D eigenvalue weighted by Gasteiger charge is 2.30. The molecule has 2 aliphatic heterocycles. The van der Waals surface area contributed by atoms with Crippen LogP contribution in [-0.2, 0) is 22.4 Å². The van der Waals surface area contributed by atoms with Crippen molar-refractivity contribution in [1.29, 1.82) is 0 Å². The van der Waals surface area contributed by atoms with Gasteiger partial charge in [-0.3, -0.25) is 4.79 Å². The highest BCUT2D eigenvalue weighted by Crippen LogP contribution is 2.33. The Hall–Kier alpha value is -2.57. The van der Waals surface area contributed by atoms with Crippen LogP contribution in [0.3, 0.4) is 0 Å². The van der Waals surface area contributed by atoms with E-state index in [1.807, 2.05) is 6.07 Å². The van der Waals surface area contributed by atoms with E-state index in [0.29, 0.717) is 19.4 Å². The van der Waals surface area contributed by atoms with E-state index in [-0.39, 0.29) is 12.0 Å². The lowest BCUT2D eigenvalue weighted by molar-refractivity contribution is -0.136. The fourth-order valence-corrected chi connectivity index (χ4v) is 4.31. The molecule has 2 aliphatic rings. The predicted molar refractivity (Wildman–Crippen MR) is 116 cm³/mol. The first-order chi connectivity index (χ1) is 14.5. The number of rotatable bonds is 5. The Morgan fingerprint density at radius 1 is 1.20 bits per heavy atom. The molecule has 0 aliphatic carbocycles. The molecule has 6 nitrogen and oxygen atoms in total. The first-order valence-electron chi connectivity index (χ1n) is 10.7. The van der Waals surface area contributed by atoms with Crippen molar-refractivity contribution < 1.29 is 19.4 Å². The number of benzene rings is 2. The second-order valence-corrected chi connectivity index (χ2v) is 8.10. The molecule has 0 spiro atoms. The number of amides is 1. The summed E-state index contributed by atoms with van der Waals surface area (Å²) in [5.74, 6) is 0.753. The number of fused-ring (bicyclic) bond motifs is 1. The first kappa shape index (κ1) is 20.7. The Kier molecular flexibility index (Phi) is 6.25. The van der Waals surface area contributed by atoms with Gasteiger partial charge in [0.25, 0.3) is 0 Å². The van der Waals surface area contributed by atoms with Gasteiger partial charge in [0, 0.05) is 26.3 Å². The Bertz CT molecular complexity index is 914. The van der Waals surface area contributed by atoms with Gasteiger partial charge in [-0.1, -0.05) is 31.2 Å². The molecular formula is C24H30N2O4. The predicted octanol–water partition coefficient (Wildman–Crippen LogP) is 3.32. The highest BCUT2D eigenvalue weighted by atomic mass is 16.5. The van der Waals surface area contributed by atoms with Crippen molar-refractivity contribution in [3.05, 3.63) is 58.7 Å². The Labute approximate surface area is 177 Å². The van der Waals surface area contributed by atoms with Crippen molar-refractivity contribution in [3.8, 4) is 5.75 Å². The topological polar surface area (TPSA) is 79.8 Å². The van der Waals surface area contributed by atoms with Crippen molar-refractivity contribution in [3.63, 3.8) is 0 Å². The van der Waals surface area contributed by atoms with Gasteiger partial charge in [0.1, 0.15) is 18.6 Å². The lowest BCUT2D eigenvalue weighted by atomic mass is 9.91. The van der Waals surface area contributed by atoms with Gasteiger partial charge in [-0.05, 0) is 47.2 Å². The van der Waals surface area contributed by atoms with Crippen molar-refractivity contribution >= 4 is 11.6 Å². The number of aryl methyl sites for hydroxylation is 1. The van der Waals surface area contributed by atoms with E-state index in [0.717, 1.165) is 36.4 Å². The SMILES string of the molecule is CCc1ccc([C@H]2C[C@@H](O)C[C@@H](NC(C)=O)O2)cc1Cc1ccc2c(c1)NCCO2. The molecule has 6 heteroatoms. The van der Waals surface area contributed by atoms with Gasteiger partial charge < -0.3 is 25.2 Å². The van der Waals surface area contributed by atoms with Crippen LogP contribution >= 0.6 is 0 Å². The minimum atomic E-state index is -0.498. The third-order valence-electron chi connectivity index (χ3n) is 5.76. The number of nitrogens with one attached hydrogen (secondary N) is 2. The molecule has 4 rings (SSSR count). The van der Waals surface area contributed by atoms with Crippen LogP contribution in [0.4, 0.5) is 5.69 Å². The van der Waals surface area contributed by atoms with Crippen LogP contribution < -0.4 is 15.4 Å². The largest absolute Gasteiger partial charge is 0.490 e. The molecule has 0 bridgehead atoms. The van der Waals surface area contributed by atoms with E-state index < -0.39 is 12.3 Å². The van der Waals surface area contributed by atoms with Crippen LogP contribution in [-0.4, -0.2) is 36.5 Å². The van der Waals surface area contributed by atoms with Crippen LogP contribution in [0.1, 0.15) is 55.0 Å². The van der Waals surface area contributed by atoms with Crippen LogP contribution in [0.5, 0.6) is 5.75 Å². The summed E-state index contributed by atoms with van der Waals surface area (Å²) in [6.07, 6.45) is 1.51. The van der Waals surface area contributed by atoms with E-state index in [2.05, 4.69) is 47.9 Å². The smallest absolute Gasteiger partial charge is 0.218 e. The second kappa shape index (κ2) is 9.06. The zero-order valence-electron chi connectivity index (χ0n) is 17.6. The maximum absolute atomic E-state index is 11.4. The Morgan fingerprint density at radius 3 is 2.87 bits per heavy atom. The lowest BCUT2D eigenvalue weighted by Gasteiger charge is -2.34. The standard InChI is InChI=1S/C24H30N2O4/c1-3-17-5-6-18(23-13-20(28)14-24(30-23)26-15(2)27)12-19(17)10-16-4-7-22-21(11-16)25-8-9-29-22/h4-7,11-12,20,23-25,28H,3,8-10,13-14H2,1-2H3,(H,26,27)/t20-,23-,24+/m1/s1. The summed E-state index contributed by atoms with van der Waals surface area (Å²) in [7, 11) is 0. The number of hydrogen-bond donors (Lipinski definition) is 3. The number of anilines is 1. The van der Waals surface area contributed by atoms with Crippen LogP contribution in [0, 0.1) is 0 Å². The molecule has 160 valence electrons. The summed E-state index contributed by atoms with van der Waals surface area (Å²) in [6, 6.07) is 12.7. The molecular weight excluding hydrogens is 380 g/mol. The summed E-state index contributed by atoms with van der Waals surface area (Å²) in [5, 5.41) is 16.5. The molecule has 0 radical (unpaired) electrons. The molecule has 1 saturated heterocycles. The fourth-order valence-electron chi connectivity index (χ4n) is 4.31. The van der Waals surface area contributed by atoms with Crippen molar-refractivity contribution in [2.75, 3.05) is 18.5 Å². The van der Waals surface area contributed by atoms with E-state index in [9.17, 15) is 9.90 Å². The summed E-state index contributed by atoms with van der Waals surface area (Å²) in [4.78, 5) is 11.4. The quantitative estimate of drug-likeness (QED) is 0.705. The number of aliphatic hydroxyl groups is 1.